The van der Waals surface area contributed by atoms with E-state index in [4.69, 9.17) is 4.42 Å². The van der Waals surface area contributed by atoms with Crippen LogP contribution in [0.25, 0.3) is 22.2 Å². The van der Waals surface area contributed by atoms with E-state index in [1.165, 1.54) is 25.7 Å². The Hall–Kier alpha value is -2.16. The van der Waals surface area contributed by atoms with Crippen LogP contribution in [0.1, 0.15) is 45.4 Å². The summed E-state index contributed by atoms with van der Waals surface area (Å²) in [5, 5.41) is 0. The maximum absolute atomic E-state index is 5.90. The van der Waals surface area contributed by atoms with E-state index in [1.54, 1.807) is 0 Å². The average Bonchev–Trinajstić information content (AvgIpc) is 3.26. The Morgan fingerprint density at radius 1 is 1.00 bits per heavy atom. The Morgan fingerprint density at radius 3 is 2.48 bits per heavy atom. The van der Waals surface area contributed by atoms with Crippen molar-refractivity contribution in [3.63, 3.8) is 0 Å². The summed E-state index contributed by atoms with van der Waals surface area (Å²) in [6, 6.07) is 10.2. The van der Waals surface area contributed by atoms with Crippen molar-refractivity contribution in [2.75, 3.05) is 0 Å². The molecule has 0 atom stereocenters. The molecule has 2 heterocycles. The summed E-state index contributed by atoms with van der Waals surface area (Å²) >= 11 is 0. The maximum atomic E-state index is 5.90. The van der Waals surface area contributed by atoms with Gasteiger partial charge in [-0.25, -0.2) is 4.98 Å². The summed E-state index contributed by atoms with van der Waals surface area (Å²) in [7, 11) is 0. The third-order valence-electron chi connectivity index (χ3n) is 4.38. The topological polar surface area (TPSA) is 38.9 Å². The van der Waals surface area contributed by atoms with Gasteiger partial charge in [-0.15, -0.1) is 0 Å². The summed E-state index contributed by atoms with van der Waals surface area (Å²) in [4.78, 5) is 8.74. The van der Waals surface area contributed by atoms with Gasteiger partial charge in [-0.3, -0.25) is 4.98 Å². The Balaban J connectivity index is 0.000000753. The molecule has 0 spiro atoms. The lowest BCUT2D eigenvalue weighted by atomic mass is 10.0. The number of aromatic nitrogens is 2. The van der Waals surface area contributed by atoms with Gasteiger partial charge in [0, 0.05) is 18.8 Å². The van der Waals surface area contributed by atoms with Gasteiger partial charge >= 0.3 is 0 Å². The Labute approximate surface area is 137 Å². The molecule has 3 nitrogen and oxygen atoms in total. The molecule has 1 fully saturated rings. The summed E-state index contributed by atoms with van der Waals surface area (Å²) < 4.78 is 5.90. The minimum Gasteiger partial charge on any atom is -0.441 e. The van der Waals surface area contributed by atoms with Crippen molar-refractivity contribution < 1.29 is 4.42 Å². The van der Waals surface area contributed by atoms with Crippen LogP contribution in [0.15, 0.2) is 47.1 Å². The zero-order valence-electron chi connectivity index (χ0n) is 14.0. The second-order valence-corrected chi connectivity index (χ2v) is 5.88. The smallest absolute Gasteiger partial charge is 0.195 e. The molecule has 0 aliphatic heterocycles. The SMILES string of the molecule is CC.c1cc(-c2ccc3oc(CC4CCCC4)nc3c2)ccn1. The number of nitrogens with zero attached hydrogens (tertiary/aromatic N) is 2. The van der Waals surface area contributed by atoms with Crippen molar-refractivity contribution in [3.8, 4) is 11.1 Å². The molecule has 2 aromatic heterocycles. The number of benzene rings is 1. The van der Waals surface area contributed by atoms with E-state index >= 15 is 0 Å². The number of oxazole rings is 1. The molecule has 1 aliphatic rings. The number of hydrogen-bond acceptors (Lipinski definition) is 3. The van der Waals surface area contributed by atoms with Crippen LogP contribution in [0.5, 0.6) is 0 Å². The predicted molar refractivity (Wildman–Crippen MR) is 94.3 cm³/mol. The lowest BCUT2D eigenvalue weighted by Crippen LogP contribution is -1.98. The third kappa shape index (κ3) is 3.61. The molecule has 3 heteroatoms. The molecule has 0 amide bonds. The minimum atomic E-state index is 0.762. The van der Waals surface area contributed by atoms with Crippen LogP contribution in [0.4, 0.5) is 0 Å². The van der Waals surface area contributed by atoms with Crippen molar-refractivity contribution in [2.45, 2.75) is 46.0 Å². The molecule has 0 bridgehead atoms. The van der Waals surface area contributed by atoms with E-state index in [9.17, 15) is 0 Å². The molecule has 0 saturated heterocycles. The van der Waals surface area contributed by atoms with E-state index in [0.717, 1.165) is 40.5 Å². The zero-order valence-corrected chi connectivity index (χ0v) is 14.0. The molecule has 0 unspecified atom stereocenters. The number of fused-ring (bicyclic) bond motifs is 1. The quantitative estimate of drug-likeness (QED) is 0.627. The highest BCUT2D eigenvalue weighted by atomic mass is 16.3. The van der Waals surface area contributed by atoms with Crippen molar-refractivity contribution >= 4 is 11.1 Å². The minimum absolute atomic E-state index is 0.762. The van der Waals surface area contributed by atoms with Crippen molar-refractivity contribution in [2.24, 2.45) is 5.92 Å². The van der Waals surface area contributed by atoms with Gasteiger partial charge in [-0.05, 0) is 54.2 Å². The molecule has 1 saturated carbocycles. The molecule has 3 aromatic rings. The summed E-state index contributed by atoms with van der Waals surface area (Å²) in [5.41, 5.74) is 4.16. The highest BCUT2D eigenvalue weighted by Crippen LogP contribution is 2.30. The largest absolute Gasteiger partial charge is 0.441 e. The fourth-order valence-corrected chi connectivity index (χ4v) is 3.25. The van der Waals surface area contributed by atoms with Crippen LogP contribution in [0.3, 0.4) is 0 Å². The monoisotopic (exact) mass is 308 g/mol. The average molecular weight is 308 g/mol. The normalized spacial score (nSPS) is 14.7. The molecule has 0 N–H and O–H groups in total. The first-order valence-corrected chi connectivity index (χ1v) is 8.68. The van der Waals surface area contributed by atoms with Crippen molar-refractivity contribution in [1.82, 2.24) is 9.97 Å². The van der Waals surface area contributed by atoms with Gasteiger partial charge in [0.2, 0.25) is 0 Å². The first-order chi connectivity index (χ1) is 11.4. The van der Waals surface area contributed by atoms with Crippen molar-refractivity contribution in [3.05, 3.63) is 48.6 Å². The molecule has 23 heavy (non-hydrogen) atoms. The van der Waals surface area contributed by atoms with Gasteiger partial charge < -0.3 is 4.42 Å². The van der Waals surface area contributed by atoms with E-state index in [2.05, 4.69) is 22.1 Å². The molecule has 1 aromatic carbocycles. The second-order valence-electron chi connectivity index (χ2n) is 5.88. The van der Waals surface area contributed by atoms with E-state index in [-0.39, 0.29) is 0 Å². The third-order valence-corrected chi connectivity index (χ3v) is 4.38. The first-order valence-electron chi connectivity index (χ1n) is 8.68. The van der Waals surface area contributed by atoms with Crippen LogP contribution < -0.4 is 0 Å². The zero-order chi connectivity index (χ0) is 16.1. The van der Waals surface area contributed by atoms with E-state index < -0.39 is 0 Å². The molecule has 120 valence electrons. The number of rotatable bonds is 3. The van der Waals surface area contributed by atoms with Gasteiger partial charge in [0.25, 0.3) is 0 Å². The van der Waals surface area contributed by atoms with Crippen molar-refractivity contribution in [1.29, 1.82) is 0 Å². The summed E-state index contributed by atoms with van der Waals surface area (Å²) in [6.07, 6.45) is 9.97. The fourth-order valence-electron chi connectivity index (χ4n) is 3.25. The summed E-state index contributed by atoms with van der Waals surface area (Å²) in [6.45, 7) is 4.00. The maximum Gasteiger partial charge on any atom is 0.195 e. The molecular weight excluding hydrogens is 284 g/mol. The van der Waals surface area contributed by atoms with Crippen LogP contribution in [-0.2, 0) is 6.42 Å². The van der Waals surface area contributed by atoms with E-state index in [0.29, 0.717) is 0 Å². The predicted octanol–water partition coefficient (Wildman–Crippen LogP) is 5.65. The summed E-state index contributed by atoms with van der Waals surface area (Å²) in [5.74, 6) is 1.65. The Kier molecular flexibility index (Phi) is 5.06. The number of hydrogen-bond donors (Lipinski definition) is 0. The van der Waals surface area contributed by atoms with Crippen LogP contribution in [-0.4, -0.2) is 9.97 Å². The highest BCUT2D eigenvalue weighted by molar-refractivity contribution is 5.80. The second kappa shape index (κ2) is 7.40. The molecule has 4 rings (SSSR count). The highest BCUT2D eigenvalue weighted by Gasteiger charge is 2.18. The van der Waals surface area contributed by atoms with Gasteiger partial charge in [0.05, 0.1) is 0 Å². The molecule has 1 aliphatic carbocycles. The van der Waals surface area contributed by atoms with Gasteiger partial charge in [0.15, 0.2) is 11.5 Å². The van der Waals surface area contributed by atoms with Crippen LogP contribution in [0, 0.1) is 5.92 Å². The van der Waals surface area contributed by atoms with Gasteiger partial charge in [-0.1, -0.05) is 32.8 Å². The van der Waals surface area contributed by atoms with Crippen LogP contribution >= 0.6 is 0 Å². The van der Waals surface area contributed by atoms with Gasteiger partial charge in [-0.2, -0.15) is 0 Å². The Morgan fingerprint density at radius 2 is 1.74 bits per heavy atom. The first kappa shape index (κ1) is 15.7. The molecule has 0 radical (unpaired) electrons. The van der Waals surface area contributed by atoms with Gasteiger partial charge in [0.1, 0.15) is 5.52 Å². The van der Waals surface area contributed by atoms with Crippen LogP contribution in [0.2, 0.25) is 0 Å². The Bertz CT molecular complexity index is 743. The number of pyridine rings is 1. The van der Waals surface area contributed by atoms with E-state index in [1.807, 2.05) is 44.4 Å². The fraction of sp³-hybridized carbons (Fsp3) is 0.400. The standard InChI is InChI=1S/C18H18N2O.C2H6/c1-2-4-13(3-1)11-18-20-16-12-15(5-6-17(16)21-18)14-7-9-19-10-8-14;1-2/h5-10,12-13H,1-4,11H2;1-2H3. The molecular formula is C20H24N2O. The lowest BCUT2D eigenvalue weighted by Gasteiger charge is -2.03. The lowest BCUT2D eigenvalue weighted by molar-refractivity contribution is 0.448.